The summed E-state index contributed by atoms with van der Waals surface area (Å²) in [4.78, 5) is 11.6. The summed E-state index contributed by atoms with van der Waals surface area (Å²) in [6.45, 7) is 0.651. The molecule has 17 heavy (non-hydrogen) atoms. The van der Waals surface area contributed by atoms with Gasteiger partial charge < -0.3 is 11.1 Å². The van der Waals surface area contributed by atoms with E-state index in [9.17, 15) is 13.2 Å². The zero-order valence-corrected chi connectivity index (χ0v) is 11.6. The first-order valence-electron chi connectivity index (χ1n) is 5.67. The van der Waals surface area contributed by atoms with Crippen LogP contribution in [-0.4, -0.2) is 50.4 Å². The Morgan fingerprint density at radius 1 is 1.59 bits per heavy atom. The molecule has 7 heteroatoms. The van der Waals surface area contributed by atoms with Crippen LogP contribution in [0.15, 0.2) is 0 Å². The molecule has 0 bridgehead atoms. The van der Waals surface area contributed by atoms with E-state index >= 15 is 0 Å². The van der Waals surface area contributed by atoms with Gasteiger partial charge >= 0.3 is 0 Å². The molecule has 0 aromatic rings. The molecule has 0 saturated carbocycles. The second-order valence-electron chi connectivity index (χ2n) is 4.50. The number of carbonyl (C=O) groups is 1. The van der Waals surface area contributed by atoms with Crippen molar-refractivity contribution < 1.29 is 13.2 Å². The molecule has 2 atom stereocenters. The van der Waals surface area contributed by atoms with Gasteiger partial charge in [-0.2, -0.15) is 11.8 Å². The summed E-state index contributed by atoms with van der Waals surface area (Å²) in [5.74, 6) is 2.48. The quantitative estimate of drug-likeness (QED) is 0.692. The third-order valence-corrected chi connectivity index (χ3v) is 4.93. The highest BCUT2D eigenvalue weighted by Crippen LogP contribution is 2.22. The number of rotatable bonds is 6. The van der Waals surface area contributed by atoms with Crippen LogP contribution in [0.4, 0.5) is 0 Å². The second-order valence-corrected chi connectivity index (χ2v) is 7.91. The van der Waals surface area contributed by atoms with Crippen molar-refractivity contribution in [2.75, 3.05) is 30.1 Å². The van der Waals surface area contributed by atoms with Crippen molar-refractivity contribution in [2.45, 2.75) is 18.9 Å². The van der Waals surface area contributed by atoms with Crippen LogP contribution in [0.3, 0.4) is 0 Å². The van der Waals surface area contributed by atoms with Crippen LogP contribution in [0.25, 0.3) is 0 Å². The highest BCUT2D eigenvalue weighted by atomic mass is 32.2. The van der Waals surface area contributed by atoms with E-state index in [0.29, 0.717) is 12.5 Å². The Hall–Kier alpha value is -0.270. The normalized spacial score (nSPS) is 22.4. The van der Waals surface area contributed by atoms with Gasteiger partial charge in [0, 0.05) is 12.8 Å². The third kappa shape index (κ3) is 6.28. The Morgan fingerprint density at radius 2 is 2.29 bits per heavy atom. The Labute approximate surface area is 107 Å². The fourth-order valence-electron chi connectivity index (χ4n) is 1.59. The minimum Gasteiger partial charge on any atom is -0.354 e. The van der Waals surface area contributed by atoms with Gasteiger partial charge in [-0.05, 0) is 30.3 Å². The maximum Gasteiger partial charge on any atom is 0.236 e. The Kier molecular flexibility index (Phi) is 5.75. The average molecular weight is 280 g/mol. The smallest absolute Gasteiger partial charge is 0.236 e. The van der Waals surface area contributed by atoms with E-state index in [1.165, 1.54) is 0 Å². The first kappa shape index (κ1) is 14.8. The first-order valence-corrected chi connectivity index (χ1v) is 8.89. The molecule has 0 spiro atoms. The topological polar surface area (TPSA) is 89.3 Å². The van der Waals surface area contributed by atoms with Crippen LogP contribution in [0.1, 0.15) is 12.8 Å². The summed E-state index contributed by atoms with van der Waals surface area (Å²) in [6, 6.07) is -0.723. The van der Waals surface area contributed by atoms with E-state index < -0.39 is 15.9 Å². The van der Waals surface area contributed by atoms with Crippen molar-refractivity contribution in [2.24, 2.45) is 11.7 Å². The molecule has 100 valence electrons. The average Bonchev–Trinajstić information content (AvgIpc) is 2.74. The summed E-state index contributed by atoms with van der Waals surface area (Å²) in [7, 11) is -3.05. The van der Waals surface area contributed by atoms with Gasteiger partial charge in [0.25, 0.3) is 0 Å². The van der Waals surface area contributed by atoms with Crippen molar-refractivity contribution in [1.29, 1.82) is 0 Å². The van der Waals surface area contributed by atoms with Crippen molar-refractivity contribution in [3.8, 4) is 0 Å². The maximum atomic E-state index is 11.6. The summed E-state index contributed by atoms with van der Waals surface area (Å²) in [5.41, 5.74) is 5.63. The number of amides is 1. The van der Waals surface area contributed by atoms with E-state index in [1.54, 1.807) is 0 Å². The SMILES string of the molecule is CS(=O)(=O)CCC(N)C(=O)NCC1CCSC1. The van der Waals surface area contributed by atoms with E-state index in [0.717, 1.165) is 24.2 Å². The summed E-state index contributed by atoms with van der Waals surface area (Å²) >= 11 is 1.89. The summed E-state index contributed by atoms with van der Waals surface area (Å²) in [6.07, 6.45) is 2.46. The summed E-state index contributed by atoms with van der Waals surface area (Å²) in [5, 5.41) is 2.79. The molecule has 1 fully saturated rings. The fraction of sp³-hybridized carbons (Fsp3) is 0.900. The molecule has 2 unspecified atom stereocenters. The number of nitrogens with two attached hydrogens (primary N) is 1. The Morgan fingerprint density at radius 3 is 2.82 bits per heavy atom. The van der Waals surface area contributed by atoms with Crippen LogP contribution >= 0.6 is 11.8 Å². The van der Waals surface area contributed by atoms with Gasteiger partial charge in [0.05, 0.1) is 11.8 Å². The number of sulfone groups is 1. The lowest BCUT2D eigenvalue weighted by atomic mass is 10.1. The largest absolute Gasteiger partial charge is 0.354 e. The van der Waals surface area contributed by atoms with Crippen molar-refractivity contribution in [3.63, 3.8) is 0 Å². The van der Waals surface area contributed by atoms with Gasteiger partial charge in [-0.1, -0.05) is 0 Å². The molecule has 1 aliphatic heterocycles. The van der Waals surface area contributed by atoms with Gasteiger partial charge in [-0.25, -0.2) is 8.42 Å². The molecule has 0 radical (unpaired) electrons. The highest BCUT2D eigenvalue weighted by molar-refractivity contribution is 7.99. The fourth-order valence-corrected chi connectivity index (χ4v) is 3.56. The molecule has 0 aromatic heterocycles. The molecule has 1 rings (SSSR count). The van der Waals surface area contributed by atoms with Crippen molar-refractivity contribution in [1.82, 2.24) is 5.32 Å². The Balaban J connectivity index is 2.21. The van der Waals surface area contributed by atoms with Gasteiger partial charge in [-0.3, -0.25) is 4.79 Å². The number of hydrogen-bond acceptors (Lipinski definition) is 5. The Bertz CT molecular complexity index is 351. The zero-order chi connectivity index (χ0) is 12.9. The van der Waals surface area contributed by atoms with Gasteiger partial charge in [0.1, 0.15) is 9.84 Å². The van der Waals surface area contributed by atoms with Crippen LogP contribution in [-0.2, 0) is 14.6 Å². The monoisotopic (exact) mass is 280 g/mol. The number of hydrogen-bond donors (Lipinski definition) is 2. The number of nitrogens with one attached hydrogen (secondary N) is 1. The van der Waals surface area contributed by atoms with Gasteiger partial charge in [0.2, 0.25) is 5.91 Å². The van der Waals surface area contributed by atoms with E-state index in [4.69, 9.17) is 5.73 Å². The first-order chi connectivity index (χ1) is 7.88. The lowest BCUT2D eigenvalue weighted by molar-refractivity contribution is -0.122. The maximum absolute atomic E-state index is 11.6. The number of thioether (sulfide) groups is 1. The molecule has 1 amide bonds. The molecular formula is C10H20N2O3S2. The lowest BCUT2D eigenvalue weighted by Crippen LogP contribution is -2.43. The van der Waals surface area contributed by atoms with Crippen molar-refractivity contribution >= 4 is 27.5 Å². The zero-order valence-electron chi connectivity index (χ0n) is 10.0. The van der Waals surface area contributed by atoms with Crippen LogP contribution in [0.2, 0.25) is 0 Å². The highest BCUT2D eigenvalue weighted by Gasteiger charge is 2.19. The van der Waals surface area contributed by atoms with E-state index in [2.05, 4.69) is 5.32 Å². The standard InChI is InChI=1S/C10H20N2O3S2/c1-17(14,15)5-3-9(11)10(13)12-6-8-2-4-16-7-8/h8-9H,2-7,11H2,1H3,(H,12,13). The predicted octanol–water partition coefficient (Wildman–Crippen LogP) is -0.382. The number of carbonyl (C=O) groups excluding carboxylic acids is 1. The molecule has 0 aliphatic carbocycles. The van der Waals surface area contributed by atoms with Gasteiger partial charge in [0.15, 0.2) is 0 Å². The predicted molar refractivity (Wildman–Crippen MR) is 70.7 cm³/mol. The minimum atomic E-state index is -3.05. The molecule has 3 N–H and O–H groups in total. The molecule has 1 heterocycles. The van der Waals surface area contributed by atoms with Gasteiger partial charge in [-0.15, -0.1) is 0 Å². The molecular weight excluding hydrogens is 260 g/mol. The minimum absolute atomic E-state index is 0.0408. The second kappa shape index (κ2) is 6.61. The summed E-state index contributed by atoms with van der Waals surface area (Å²) < 4.78 is 21.9. The van der Waals surface area contributed by atoms with E-state index in [-0.39, 0.29) is 18.1 Å². The molecule has 0 aromatic carbocycles. The molecule has 1 saturated heterocycles. The van der Waals surface area contributed by atoms with Crippen LogP contribution in [0, 0.1) is 5.92 Å². The van der Waals surface area contributed by atoms with Crippen molar-refractivity contribution in [3.05, 3.63) is 0 Å². The van der Waals surface area contributed by atoms with Crippen LogP contribution < -0.4 is 11.1 Å². The lowest BCUT2D eigenvalue weighted by Gasteiger charge is -2.14. The molecule has 1 aliphatic rings. The van der Waals surface area contributed by atoms with E-state index in [1.807, 2.05) is 11.8 Å². The van der Waals surface area contributed by atoms with Crippen LogP contribution in [0.5, 0.6) is 0 Å². The molecule has 5 nitrogen and oxygen atoms in total. The third-order valence-electron chi connectivity index (χ3n) is 2.73.